The van der Waals surface area contributed by atoms with Crippen molar-refractivity contribution in [1.29, 1.82) is 0 Å². The smallest absolute Gasteiger partial charge is 0.213 e. The number of aromatic nitrogens is 3. The third-order valence-electron chi connectivity index (χ3n) is 3.30. The highest BCUT2D eigenvalue weighted by Crippen LogP contribution is 2.23. The van der Waals surface area contributed by atoms with Gasteiger partial charge in [-0.25, -0.2) is 17.1 Å². The van der Waals surface area contributed by atoms with E-state index >= 15 is 0 Å². The van der Waals surface area contributed by atoms with E-state index in [-0.39, 0.29) is 30.5 Å². The van der Waals surface area contributed by atoms with Crippen LogP contribution in [0, 0.1) is 5.82 Å². The summed E-state index contributed by atoms with van der Waals surface area (Å²) in [6, 6.07) is 5.96. The van der Waals surface area contributed by atoms with Crippen LogP contribution in [0.2, 0.25) is 0 Å². The minimum atomic E-state index is -3.20. The number of halogens is 2. The minimum absolute atomic E-state index is 0. The van der Waals surface area contributed by atoms with Crippen molar-refractivity contribution in [2.24, 2.45) is 5.73 Å². The summed E-state index contributed by atoms with van der Waals surface area (Å²) in [6.07, 6.45) is 0.486. The SMILES string of the molecule is CN(C)S(=O)(=O)CCCSc1nnc(CN)n1-c1ccc(F)cc1.Cl. The average molecular weight is 410 g/mol. The molecule has 7 nitrogen and oxygen atoms in total. The van der Waals surface area contributed by atoms with Gasteiger partial charge in [-0.05, 0) is 30.7 Å². The van der Waals surface area contributed by atoms with Gasteiger partial charge in [0.15, 0.2) is 11.0 Å². The molecule has 1 heterocycles. The van der Waals surface area contributed by atoms with Gasteiger partial charge in [0.2, 0.25) is 10.0 Å². The van der Waals surface area contributed by atoms with Crippen LogP contribution < -0.4 is 5.73 Å². The fraction of sp³-hybridized carbons (Fsp3) is 0.429. The summed E-state index contributed by atoms with van der Waals surface area (Å²) in [6.45, 7) is 0.194. The summed E-state index contributed by atoms with van der Waals surface area (Å²) in [4.78, 5) is 0. The van der Waals surface area contributed by atoms with Crippen molar-refractivity contribution in [3.8, 4) is 5.69 Å². The van der Waals surface area contributed by atoms with Gasteiger partial charge in [-0.3, -0.25) is 4.57 Å². The summed E-state index contributed by atoms with van der Waals surface area (Å²) in [5.41, 5.74) is 6.40. The second-order valence-corrected chi connectivity index (χ2v) is 8.58. The molecule has 0 radical (unpaired) electrons. The Kier molecular flexibility index (Phi) is 8.29. The molecule has 0 saturated heterocycles. The van der Waals surface area contributed by atoms with E-state index < -0.39 is 10.0 Å². The lowest BCUT2D eigenvalue weighted by Crippen LogP contribution is -2.25. The van der Waals surface area contributed by atoms with E-state index in [1.165, 1.54) is 42.3 Å². The first-order valence-electron chi connectivity index (χ1n) is 7.28. The van der Waals surface area contributed by atoms with E-state index in [2.05, 4.69) is 10.2 Å². The molecule has 1 aromatic heterocycles. The van der Waals surface area contributed by atoms with E-state index in [1.54, 1.807) is 16.7 Å². The number of thioether (sulfide) groups is 1. The van der Waals surface area contributed by atoms with Gasteiger partial charge in [0.1, 0.15) is 5.82 Å². The molecule has 0 bridgehead atoms. The molecule has 0 amide bonds. The topological polar surface area (TPSA) is 94.1 Å². The van der Waals surface area contributed by atoms with Crippen LogP contribution in [-0.2, 0) is 16.6 Å². The Morgan fingerprint density at radius 2 is 1.88 bits per heavy atom. The molecule has 0 aliphatic rings. The Hall–Kier alpha value is -1.20. The summed E-state index contributed by atoms with van der Waals surface area (Å²) in [5, 5.41) is 8.73. The van der Waals surface area contributed by atoms with Crippen LogP contribution in [0.15, 0.2) is 29.4 Å². The molecule has 0 aliphatic carbocycles. The molecule has 0 unspecified atom stereocenters. The Labute approximate surface area is 157 Å². The van der Waals surface area contributed by atoms with E-state index in [9.17, 15) is 12.8 Å². The highest BCUT2D eigenvalue weighted by Gasteiger charge is 2.16. The zero-order chi connectivity index (χ0) is 17.7. The van der Waals surface area contributed by atoms with Gasteiger partial charge in [-0.2, -0.15) is 0 Å². The Bertz CT molecular complexity index is 781. The van der Waals surface area contributed by atoms with Gasteiger partial charge in [-0.15, -0.1) is 22.6 Å². The summed E-state index contributed by atoms with van der Waals surface area (Å²) in [5.74, 6) is 0.868. The lowest BCUT2D eigenvalue weighted by Gasteiger charge is -2.11. The second-order valence-electron chi connectivity index (χ2n) is 5.22. The van der Waals surface area contributed by atoms with Crippen LogP contribution in [0.3, 0.4) is 0 Å². The van der Waals surface area contributed by atoms with E-state index in [0.29, 0.717) is 28.8 Å². The molecule has 25 heavy (non-hydrogen) atoms. The van der Waals surface area contributed by atoms with Crippen molar-refractivity contribution in [1.82, 2.24) is 19.1 Å². The van der Waals surface area contributed by atoms with Gasteiger partial charge in [0.05, 0.1) is 12.3 Å². The van der Waals surface area contributed by atoms with Crippen LogP contribution in [0.5, 0.6) is 0 Å². The maximum atomic E-state index is 13.1. The number of rotatable bonds is 8. The first kappa shape index (κ1) is 21.8. The number of sulfonamides is 1. The Morgan fingerprint density at radius 3 is 2.44 bits per heavy atom. The first-order chi connectivity index (χ1) is 11.3. The molecule has 0 aliphatic heterocycles. The predicted molar refractivity (Wildman–Crippen MR) is 99.3 cm³/mol. The predicted octanol–water partition coefficient (Wildman–Crippen LogP) is 1.66. The van der Waals surface area contributed by atoms with Crippen LogP contribution >= 0.6 is 24.2 Å². The van der Waals surface area contributed by atoms with Gasteiger partial charge < -0.3 is 5.73 Å². The standard InChI is InChI=1S/C14H20FN5O2S2.ClH/c1-19(2)24(21,22)9-3-8-23-14-18-17-13(10-16)20(14)12-6-4-11(15)5-7-12;/h4-7H,3,8-10,16H2,1-2H3;1H. The quantitative estimate of drug-likeness (QED) is 0.526. The third kappa shape index (κ3) is 5.65. The molecule has 0 saturated carbocycles. The van der Waals surface area contributed by atoms with Gasteiger partial charge >= 0.3 is 0 Å². The van der Waals surface area contributed by atoms with Gasteiger partial charge in [-0.1, -0.05) is 11.8 Å². The van der Waals surface area contributed by atoms with E-state index in [4.69, 9.17) is 5.73 Å². The van der Waals surface area contributed by atoms with Crippen LogP contribution in [0.4, 0.5) is 4.39 Å². The van der Waals surface area contributed by atoms with Crippen molar-refractivity contribution in [3.63, 3.8) is 0 Å². The maximum Gasteiger partial charge on any atom is 0.213 e. The van der Waals surface area contributed by atoms with Gasteiger partial charge in [0, 0.05) is 25.5 Å². The fourth-order valence-electron chi connectivity index (χ4n) is 1.96. The van der Waals surface area contributed by atoms with Crippen molar-refractivity contribution in [2.75, 3.05) is 25.6 Å². The fourth-order valence-corrected chi connectivity index (χ4v) is 3.93. The number of benzene rings is 1. The molecular weight excluding hydrogens is 389 g/mol. The van der Waals surface area contributed by atoms with Crippen molar-refractivity contribution >= 4 is 34.2 Å². The van der Waals surface area contributed by atoms with E-state index in [0.717, 1.165) is 0 Å². The lowest BCUT2D eigenvalue weighted by molar-refractivity contribution is 0.520. The normalized spacial score (nSPS) is 11.6. The monoisotopic (exact) mass is 409 g/mol. The number of nitrogens with two attached hydrogens (primary N) is 1. The van der Waals surface area contributed by atoms with Gasteiger partial charge in [0.25, 0.3) is 0 Å². The molecule has 11 heteroatoms. The summed E-state index contributed by atoms with van der Waals surface area (Å²) < 4.78 is 39.6. The van der Waals surface area contributed by atoms with E-state index in [1.807, 2.05) is 0 Å². The lowest BCUT2D eigenvalue weighted by atomic mass is 10.3. The highest BCUT2D eigenvalue weighted by atomic mass is 35.5. The highest BCUT2D eigenvalue weighted by molar-refractivity contribution is 7.99. The first-order valence-corrected chi connectivity index (χ1v) is 9.88. The molecule has 1 aromatic carbocycles. The van der Waals surface area contributed by atoms with Crippen LogP contribution in [-0.4, -0.2) is 53.1 Å². The molecule has 0 atom stereocenters. The minimum Gasteiger partial charge on any atom is -0.324 e. The zero-order valence-corrected chi connectivity index (χ0v) is 16.4. The van der Waals surface area contributed by atoms with Crippen molar-refractivity contribution < 1.29 is 12.8 Å². The number of hydrogen-bond acceptors (Lipinski definition) is 6. The Balaban J connectivity index is 0.00000312. The molecule has 2 aromatic rings. The largest absolute Gasteiger partial charge is 0.324 e. The number of hydrogen-bond donors (Lipinski definition) is 1. The molecule has 140 valence electrons. The molecule has 2 N–H and O–H groups in total. The second kappa shape index (κ2) is 9.48. The maximum absolute atomic E-state index is 13.1. The van der Waals surface area contributed by atoms with Crippen molar-refractivity contribution in [2.45, 2.75) is 18.1 Å². The molecular formula is C14H21ClFN5O2S2. The Morgan fingerprint density at radius 1 is 1.24 bits per heavy atom. The van der Waals surface area contributed by atoms with Crippen molar-refractivity contribution in [3.05, 3.63) is 35.9 Å². The average Bonchev–Trinajstić information content (AvgIpc) is 2.95. The van der Waals surface area contributed by atoms with Crippen LogP contribution in [0.1, 0.15) is 12.2 Å². The summed E-state index contributed by atoms with van der Waals surface area (Å²) >= 11 is 1.39. The molecule has 0 fully saturated rings. The third-order valence-corrected chi connectivity index (χ3v) is 6.23. The zero-order valence-electron chi connectivity index (χ0n) is 13.9. The number of nitrogens with zero attached hydrogens (tertiary/aromatic N) is 4. The molecule has 0 spiro atoms. The van der Waals surface area contributed by atoms with Crippen LogP contribution in [0.25, 0.3) is 5.69 Å². The molecule has 2 rings (SSSR count). The summed E-state index contributed by atoms with van der Waals surface area (Å²) in [7, 11) is -0.174.